The van der Waals surface area contributed by atoms with Crippen molar-refractivity contribution < 1.29 is 28.8 Å². The number of imide groups is 1. The summed E-state index contributed by atoms with van der Waals surface area (Å²) in [6.07, 6.45) is 1.51. The van der Waals surface area contributed by atoms with Gasteiger partial charge in [-0.25, -0.2) is 0 Å². The Bertz CT molecular complexity index is 1290. The highest BCUT2D eigenvalue weighted by Crippen LogP contribution is 2.32. The van der Waals surface area contributed by atoms with Crippen molar-refractivity contribution in [2.75, 3.05) is 5.32 Å². The fraction of sp³-hybridized carbons (Fsp3) is 0.357. The summed E-state index contributed by atoms with van der Waals surface area (Å²) in [6, 6.07) is 11.4. The zero-order valence-electron chi connectivity index (χ0n) is 21.2. The Balaban J connectivity index is 1.24. The molecule has 0 radical (unpaired) electrons. The fourth-order valence-corrected chi connectivity index (χ4v) is 4.63. The molecule has 1 atom stereocenters. The predicted molar refractivity (Wildman–Crippen MR) is 138 cm³/mol. The lowest BCUT2D eigenvalue weighted by Crippen LogP contribution is -2.52. The van der Waals surface area contributed by atoms with Crippen LogP contribution in [0.3, 0.4) is 0 Å². The van der Waals surface area contributed by atoms with Crippen LogP contribution in [0.25, 0.3) is 0 Å². The minimum absolute atomic E-state index is 0.0672. The molecule has 2 heterocycles. The molecule has 4 rings (SSSR count). The summed E-state index contributed by atoms with van der Waals surface area (Å²) in [6.45, 7) is 2.30. The van der Waals surface area contributed by atoms with Gasteiger partial charge in [0.2, 0.25) is 23.6 Å². The number of carbonyl (C=O) groups excluding carboxylic acids is 6. The van der Waals surface area contributed by atoms with Gasteiger partial charge in [-0.2, -0.15) is 0 Å². The lowest BCUT2D eigenvalue weighted by atomic mass is 10.0. The average Bonchev–Trinajstić information content (AvgIpc) is 3.24. The number of nitrogens with zero attached hydrogens (tertiary/aromatic N) is 1. The molecule has 0 aromatic heterocycles. The van der Waals surface area contributed by atoms with E-state index in [1.54, 1.807) is 42.5 Å². The lowest BCUT2D eigenvalue weighted by Gasteiger charge is -2.29. The molecule has 2 aromatic carbocycles. The third-order valence-corrected chi connectivity index (χ3v) is 6.75. The molecule has 2 aliphatic heterocycles. The van der Waals surface area contributed by atoms with E-state index in [-0.39, 0.29) is 61.6 Å². The van der Waals surface area contributed by atoms with Crippen molar-refractivity contribution in [3.8, 4) is 0 Å². The molecule has 38 heavy (non-hydrogen) atoms. The van der Waals surface area contributed by atoms with Crippen LogP contribution in [0.2, 0.25) is 0 Å². The molecule has 1 fully saturated rings. The first-order valence-corrected chi connectivity index (χ1v) is 12.7. The van der Waals surface area contributed by atoms with E-state index in [1.165, 1.54) is 4.90 Å². The van der Waals surface area contributed by atoms with Crippen LogP contribution < -0.4 is 16.0 Å². The molecule has 2 aliphatic rings. The van der Waals surface area contributed by atoms with Crippen LogP contribution in [-0.2, 0) is 32.3 Å². The van der Waals surface area contributed by atoms with Gasteiger partial charge in [-0.1, -0.05) is 37.3 Å². The molecular weight excluding hydrogens is 488 g/mol. The number of Topliss-reactive ketones (excluding diaryl/α,β-unsaturated/α-hetero) is 1. The topological polar surface area (TPSA) is 142 Å². The largest absolute Gasteiger partial charge is 0.352 e. The Morgan fingerprint density at radius 3 is 2.45 bits per heavy atom. The van der Waals surface area contributed by atoms with Crippen molar-refractivity contribution >= 4 is 41.0 Å². The van der Waals surface area contributed by atoms with Gasteiger partial charge in [0.25, 0.3) is 5.91 Å². The van der Waals surface area contributed by atoms with Crippen LogP contribution >= 0.6 is 0 Å². The highest BCUT2D eigenvalue weighted by molar-refractivity contribution is 6.06. The van der Waals surface area contributed by atoms with E-state index in [0.717, 1.165) is 5.56 Å². The summed E-state index contributed by atoms with van der Waals surface area (Å²) < 4.78 is 0. The number of nitrogens with one attached hydrogen (secondary N) is 3. The van der Waals surface area contributed by atoms with Gasteiger partial charge in [0.05, 0.1) is 0 Å². The molecule has 0 saturated carbocycles. The van der Waals surface area contributed by atoms with Crippen molar-refractivity contribution in [1.29, 1.82) is 0 Å². The van der Waals surface area contributed by atoms with E-state index in [9.17, 15) is 28.8 Å². The molecule has 2 aromatic rings. The zero-order chi connectivity index (χ0) is 27.2. The third kappa shape index (κ3) is 6.13. The molecule has 198 valence electrons. The standard InChI is InChI=1S/C28H30N4O6/c1-2-23(33)18-11-9-17(10-12-18)15-29-24(34)7-4-8-25(35)30-21-6-3-5-19-20(21)16-32(28(19)38)22-13-14-26(36)31-27(22)37/h3,5-6,9-12,22H,2,4,7-8,13-16H2,1H3,(H,29,34)(H,30,35)(H,31,36,37). The highest BCUT2D eigenvalue weighted by Gasteiger charge is 2.39. The molecule has 5 amide bonds. The van der Waals surface area contributed by atoms with E-state index >= 15 is 0 Å². The van der Waals surface area contributed by atoms with Crippen molar-refractivity contribution in [2.24, 2.45) is 0 Å². The molecule has 10 heteroatoms. The van der Waals surface area contributed by atoms with Crippen LogP contribution in [0, 0.1) is 0 Å². The Hall–Kier alpha value is -4.34. The number of hydrogen-bond donors (Lipinski definition) is 3. The second kappa shape index (κ2) is 11.8. The number of carbonyl (C=O) groups is 6. The molecule has 0 spiro atoms. The maximum atomic E-state index is 12.9. The lowest BCUT2D eigenvalue weighted by molar-refractivity contribution is -0.137. The van der Waals surface area contributed by atoms with Crippen LogP contribution in [-0.4, -0.2) is 46.3 Å². The summed E-state index contributed by atoms with van der Waals surface area (Å²) in [5, 5.41) is 7.91. The van der Waals surface area contributed by atoms with Gasteiger partial charge in [0.1, 0.15) is 6.04 Å². The summed E-state index contributed by atoms with van der Waals surface area (Å²) >= 11 is 0. The van der Waals surface area contributed by atoms with Gasteiger partial charge in [0.15, 0.2) is 5.78 Å². The van der Waals surface area contributed by atoms with E-state index in [4.69, 9.17) is 0 Å². The molecule has 1 saturated heterocycles. The van der Waals surface area contributed by atoms with E-state index in [1.807, 2.05) is 6.92 Å². The van der Waals surface area contributed by atoms with Crippen molar-refractivity contribution in [1.82, 2.24) is 15.5 Å². The molecule has 0 bridgehead atoms. The first kappa shape index (κ1) is 26.7. The SMILES string of the molecule is CCC(=O)c1ccc(CNC(=O)CCCC(=O)Nc2cccc3c2CN(C2CCC(=O)NC2=O)C3=O)cc1. The van der Waals surface area contributed by atoms with Crippen molar-refractivity contribution in [3.05, 3.63) is 64.7 Å². The second-order valence-electron chi connectivity index (χ2n) is 9.38. The number of anilines is 1. The molecular formula is C28H30N4O6. The van der Waals surface area contributed by atoms with Crippen LogP contribution in [0.15, 0.2) is 42.5 Å². The van der Waals surface area contributed by atoms with Gasteiger partial charge >= 0.3 is 0 Å². The quantitative estimate of drug-likeness (QED) is 0.326. The average molecular weight is 519 g/mol. The van der Waals surface area contributed by atoms with Crippen LogP contribution in [0.4, 0.5) is 5.69 Å². The van der Waals surface area contributed by atoms with E-state index < -0.39 is 11.9 Å². The Morgan fingerprint density at radius 1 is 1.00 bits per heavy atom. The summed E-state index contributed by atoms with van der Waals surface area (Å²) in [5.41, 5.74) is 3.05. The van der Waals surface area contributed by atoms with Gasteiger partial charge in [-0.3, -0.25) is 34.1 Å². The van der Waals surface area contributed by atoms with Gasteiger partial charge in [-0.15, -0.1) is 0 Å². The van der Waals surface area contributed by atoms with Crippen LogP contribution in [0.5, 0.6) is 0 Å². The Morgan fingerprint density at radius 2 is 1.74 bits per heavy atom. The molecule has 1 unspecified atom stereocenters. The van der Waals surface area contributed by atoms with Crippen molar-refractivity contribution in [2.45, 2.75) is 64.6 Å². The first-order chi connectivity index (χ1) is 18.3. The number of fused-ring (bicyclic) bond motifs is 1. The van der Waals surface area contributed by atoms with Gasteiger partial charge < -0.3 is 15.5 Å². The number of amides is 5. The third-order valence-electron chi connectivity index (χ3n) is 6.75. The van der Waals surface area contributed by atoms with Gasteiger partial charge in [-0.05, 0) is 30.5 Å². The van der Waals surface area contributed by atoms with Gasteiger partial charge in [0, 0.05) is 61.2 Å². The normalized spacial score (nSPS) is 16.6. The van der Waals surface area contributed by atoms with E-state index in [2.05, 4.69) is 16.0 Å². The molecule has 3 N–H and O–H groups in total. The first-order valence-electron chi connectivity index (χ1n) is 12.7. The maximum absolute atomic E-state index is 12.9. The second-order valence-corrected chi connectivity index (χ2v) is 9.38. The highest BCUT2D eigenvalue weighted by atomic mass is 16.2. The summed E-state index contributed by atoms with van der Waals surface area (Å²) in [5.74, 6) is -1.55. The fourth-order valence-electron chi connectivity index (χ4n) is 4.63. The predicted octanol–water partition coefficient (Wildman–Crippen LogP) is 2.47. The minimum atomic E-state index is -0.730. The number of ketones is 1. The zero-order valence-corrected chi connectivity index (χ0v) is 21.2. The van der Waals surface area contributed by atoms with Crippen molar-refractivity contribution in [3.63, 3.8) is 0 Å². The Kier molecular flexibility index (Phi) is 8.30. The number of piperidine rings is 1. The summed E-state index contributed by atoms with van der Waals surface area (Å²) in [4.78, 5) is 74.6. The van der Waals surface area contributed by atoms with E-state index in [0.29, 0.717) is 41.8 Å². The summed E-state index contributed by atoms with van der Waals surface area (Å²) in [7, 11) is 0. The maximum Gasteiger partial charge on any atom is 0.255 e. The Labute approximate surface area is 220 Å². The smallest absolute Gasteiger partial charge is 0.255 e. The molecule has 10 nitrogen and oxygen atoms in total. The van der Waals surface area contributed by atoms with Crippen LogP contribution in [0.1, 0.15) is 77.3 Å². The number of rotatable bonds is 10. The minimum Gasteiger partial charge on any atom is -0.352 e. The monoisotopic (exact) mass is 518 g/mol. The molecule has 0 aliphatic carbocycles. The number of hydrogen-bond acceptors (Lipinski definition) is 6. The number of benzene rings is 2.